The molecule has 2 fully saturated rings. The van der Waals surface area contributed by atoms with Crippen molar-refractivity contribution in [1.29, 1.82) is 0 Å². The van der Waals surface area contributed by atoms with Gasteiger partial charge in [-0.2, -0.15) is 4.57 Å². The molecule has 0 spiro atoms. The van der Waals surface area contributed by atoms with Crippen LogP contribution in [0.15, 0.2) is 76.4 Å². The molecule has 2 aromatic carbocycles. The SMILES string of the molecule is O=C(c1ccccc1)n1c(=O)c(I)cn([C@@H]2CO[C@@H]3CO[C@@H](c4ccccc4)O[C@H]3C2)c1=O. The Balaban J connectivity index is 1.44. The minimum Gasteiger partial charge on any atom is -0.371 e. The molecule has 170 valence electrons. The molecule has 33 heavy (non-hydrogen) atoms. The molecular weight excluding hydrogens is 539 g/mol. The van der Waals surface area contributed by atoms with E-state index >= 15 is 0 Å². The molecule has 9 heteroatoms. The highest BCUT2D eigenvalue weighted by atomic mass is 127. The van der Waals surface area contributed by atoms with Crippen molar-refractivity contribution in [2.75, 3.05) is 13.2 Å². The lowest BCUT2D eigenvalue weighted by Crippen LogP contribution is -2.51. The molecule has 0 saturated carbocycles. The first kappa shape index (κ1) is 22.2. The number of nitrogens with zero attached hydrogens (tertiary/aromatic N) is 2. The fourth-order valence-corrected chi connectivity index (χ4v) is 4.72. The molecule has 3 aromatic rings. The number of aromatic nitrogens is 2. The molecule has 0 N–H and O–H groups in total. The highest BCUT2D eigenvalue weighted by Crippen LogP contribution is 2.34. The van der Waals surface area contributed by atoms with Crippen LogP contribution in [0.3, 0.4) is 0 Å². The molecular formula is C24H21IN2O6. The van der Waals surface area contributed by atoms with Gasteiger partial charge in [0.25, 0.3) is 11.5 Å². The van der Waals surface area contributed by atoms with E-state index in [1.807, 2.05) is 52.9 Å². The van der Waals surface area contributed by atoms with Crippen molar-refractivity contribution in [3.8, 4) is 0 Å². The van der Waals surface area contributed by atoms with Crippen LogP contribution in [0.5, 0.6) is 0 Å². The van der Waals surface area contributed by atoms with E-state index in [4.69, 9.17) is 14.2 Å². The fraction of sp³-hybridized carbons (Fsp3) is 0.292. The number of ether oxygens (including phenoxy) is 3. The Hall–Kier alpha value is -2.60. The fourth-order valence-electron chi connectivity index (χ4n) is 4.18. The summed E-state index contributed by atoms with van der Waals surface area (Å²) in [4.78, 5) is 39.0. The van der Waals surface area contributed by atoms with Gasteiger partial charge in [0, 0.05) is 17.3 Å². The minimum atomic E-state index is -0.687. The number of rotatable bonds is 3. The summed E-state index contributed by atoms with van der Waals surface area (Å²) in [6, 6.07) is 17.5. The molecule has 0 amide bonds. The number of carbonyl (C=O) groups excluding carboxylic acids is 1. The summed E-state index contributed by atoms with van der Waals surface area (Å²) in [5, 5.41) is 0. The van der Waals surface area contributed by atoms with Crippen LogP contribution in [0.4, 0.5) is 0 Å². The molecule has 0 unspecified atom stereocenters. The minimum absolute atomic E-state index is 0.243. The highest BCUT2D eigenvalue weighted by molar-refractivity contribution is 14.1. The molecule has 0 radical (unpaired) electrons. The van der Waals surface area contributed by atoms with Crippen molar-refractivity contribution in [3.05, 3.63) is 102 Å². The van der Waals surface area contributed by atoms with Gasteiger partial charge in [-0.25, -0.2) is 4.79 Å². The van der Waals surface area contributed by atoms with E-state index in [9.17, 15) is 14.4 Å². The zero-order valence-corrected chi connectivity index (χ0v) is 19.7. The third kappa shape index (κ3) is 4.33. The first-order valence-corrected chi connectivity index (χ1v) is 11.7. The van der Waals surface area contributed by atoms with Crippen LogP contribution in [0.1, 0.15) is 34.7 Å². The van der Waals surface area contributed by atoms with E-state index in [2.05, 4.69) is 0 Å². The van der Waals surface area contributed by atoms with Gasteiger partial charge in [-0.05, 0) is 41.1 Å². The number of fused-ring (bicyclic) bond motifs is 1. The zero-order valence-electron chi connectivity index (χ0n) is 17.5. The second kappa shape index (κ2) is 9.34. The Bertz CT molecular complexity index is 1270. The molecule has 2 aliphatic rings. The standard InChI is InChI=1S/C24H21IN2O6/c25-18-12-26(24(30)27(22(18)29)21(28)15-7-3-1-4-8-15)17-11-19-20(31-13-17)14-32-23(33-19)16-9-5-2-6-10-16/h1-10,12,17,19-20,23H,11,13-14H2/t17-,19-,20+,23+/m0/s1. The average molecular weight is 560 g/mol. The van der Waals surface area contributed by atoms with Gasteiger partial charge < -0.3 is 14.2 Å². The predicted octanol–water partition coefficient (Wildman–Crippen LogP) is 2.75. The Morgan fingerprint density at radius 2 is 1.61 bits per heavy atom. The van der Waals surface area contributed by atoms with Crippen molar-refractivity contribution in [3.63, 3.8) is 0 Å². The lowest BCUT2D eigenvalue weighted by atomic mass is 10.0. The van der Waals surface area contributed by atoms with Gasteiger partial charge in [-0.3, -0.25) is 14.2 Å². The van der Waals surface area contributed by atoms with E-state index in [0.717, 1.165) is 5.56 Å². The van der Waals surface area contributed by atoms with Crippen molar-refractivity contribution >= 4 is 28.5 Å². The van der Waals surface area contributed by atoms with Crippen LogP contribution in [0.2, 0.25) is 0 Å². The third-order valence-electron chi connectivity index (χ3n) is 5.89. The quantitative estimate of drug-likeness (QED) is 0.458. The Labute approximate surface area is 202 Å². The summed E-state index contributed by atoms with van der Waals surface area (Å²) in [6.45, 7) is 0.632. The molecule has 8 nitrogen and oxygen atoms in total. The van der Waals surface area contributed by atoms with E-state index in [1.54, 1.807) is 30.3 Å². The van der Waals surface area contributed by atoms with E-state index in [1.165, 1.54) is 10.8 Å². The number of carbonyl (C=O) groups is 1. The molecule has 4 atom stereocenters. The third-order valence-corrected chi connectivity index (χ3v) is 6.63. The maximum absolute atomic E-state index is 13.3. The summed E-state index contributed by atoms with van der Waals surface area (Å²) in [6.07, 6.45) is 0.929. The molecule has 5 rings (SSSR count). The number of hydrogen-bond donors (Lipinski definition) is 0. The van der Waals surface area contributed by atoms with Crippen LogP contribution < -0.4 is 11.2 Å². The second-order valence-electron chi connectivity index (χ2n) is 7.99. The van der Waals surface area contributed by atoms with Crippen LogP contribution in [0, 0.1) is 3.57 Å². The monoisotopic (exact) mass is 560 g/mol. The van der Waals surface area contributed by atoms with E-state index in [0.29, 0.717) is 17.6 Å². The maximum atomic E-state index is 13.3. The van der Waals surface area contributed by atoms with E-state index < -0.39 is 29.5 Å². The smallest absolute Gasteiger partial charge is 0.338 e. The molecule has 2 saturated heterocycles. The number of benzene rings is 2. The molecule has 3 heterocycles. The normalized spacial score (nSPS) is 24.8. The van der Waals surface area contributed by atoms with Crippen molar-refractivity contribution in [1.82, 2.24) is 9.13 Å². The molecule has 0 bridgehead atoms. The van der Waals surface area contributed by atoms with Crippen LogP contribution in [0.25, 0.3) is 0 Å². The largest absolute Gasteiger partial charge is 0.371 e. The summed E-state index contributed by atoms with van der Waals surface area (Å²) in [7, 11) is 0. The van der Waals surface area contributed by atoms with Crippen molar-refractivity contribution in [2.45, 2.75) is 31.0 Å². The summed E-state index contributed by atoms with van der Waals surface area (Å²) < 4.78 is 20.3. The summed E-state index contributed by atoms with van der Waals surface area (Å²) >= 11 is 1.85. The summed E-state index contributed by atoms with van der Waals surface area (Å²) in [5.41, 5.74) is -0.143. The topological polar surface area (TPSA) is 88.8 Å². The lowest BCUT2D eigenvalue weighted by Gasteiger charge is -2.42. The molecule has 1 aromatic heterocycles. The van der Waals surface area contributed by atoms with Gasteiger partial charge in [0.15, 0.2) is 6.29 Å². The van der Waals surface area contributed by atoms with Gasteiger partial charge in [0.1, 0.15) is 6.10 Å². The first-order valence-electron chi connectivity index (χ1n) is 10.6. The summed E-state index contributed by atoms with van der Waals surface area (Å²) in [5.74, 6) is -0.654. The highest BCUT2D eigenvalue weighted by Gasteiger charge is 2.39. The van der Waals surface area contributed by atoms with Gasteiger partial charge in [-0.1, -0.05) is 48.5 Å². The predicted molar refractivity (Wildman–Crippen MR) is 127 cm³/mol. The average Bonchev–Trinajstić information content (AvgIpc) is 2.86. The van der Waals surface area contributed by atoms with Crippen LogP contribution in [-0.2, 0) is 14.2 Å². The first-order chi connectivity index (χ1) is 16.0. The van der Waals surface area contributed by atoms with Crippen molar-refractivity contribution < 1.29 is 19.0 Å². The second-order valence-corrected chi connectivity index (χ2v) is 9.15. The van der Waals surface area contributed by atoms with Crippen LogP contribution in [-0.4, -0.2) is 40.5 Å². The Morgan fingerprint density at radius 3 is 2.33 bits per heavy atom. The van der Waals surface area contributed by atoms with Gasteiger partial charge in [-0.15, -0.1) is 0 Å². The van der Waals surface area contributed by atoms with Gasteiger partial charge >= 0.3 is 5.69 Å². The Kier molecular flexibility index (Phi) is 6.28. The number of hydrogen-bond acceptors (Lipinski definition) is 6. The van der Waals surface area contributed by atoms with Crippen molar-refractivity contribution in [2.24, 2.45) is 0 Å². The molecule has 0 aliphatic carbocycles. The number of halogens is 1. The van der Waals surface area contributed by atoms with Gasteiger partial charge in [0.2, 0.25) is 0 Å². The zero-order chi connectivity index (χ0) is 22.9. The van der Waals surface area contributed by atoms with Gasteiger partial charge in [0.05, 0.1) is 28.9 Å². The van der Waals surface area contributed by atoms with Crippen LogP contribution >= 0.6 is 22.6 Å². The Morgan fingerprint density at radius 1 is 0.909 bits per heavy atom. The molecule has 2 aliphatic heterocycles. The maximum Gasteiger partial charge on any atom is 0.338 e. The lowest BCUT2D eigenvalue weighted by molar-refractivity contribution is -0.282. The van der Waals surface area contributed by atoms with E-state index in [-0.39, 0.29) is 27.9 Å².